The van der Waals surface area contributed by atoms with Crippen LogP contribution >= 0.6 is 0 Å². The average molecular weight is 493 g/mol. The zero-order valence-electron chi connectivity index (χ0n) is 20.3. The van der Waals surface area contributed by atoms with Crippen molar-refractivity contribution in [3.8, 4) is 17.6 Å². The number of nitrogens with zero attached hydrogens (tertiary/aromatic N) is 4. The summed E-state index contributed by atoms with van der Waals surface area (Å²) in [5.41, 5.74) is 1.12. The van der Waals surface area contributed by atoms with Gasteiger partial charge in [0.15, 0.2) is 11.5 Å². The molecule has 188 valence electrons. The van der Waals surface area contributed by atoms with Crippen molar-refractivity contribution in [2.24, 2.45) is 0 Å². The van der Waals surface area contributed by atoms with Gasteiger partial charge in [0.25, 0.3) is 11.8 Å². The molecule has 2 heterocycles. The van der Waals surface area contributed by atoms with Gasteiger partial charge in [-0.25, -0.2) is 4.90 Å². The molecule has 2 aromatic carbocycles. The summed E-state index contributed by atoms with van der Waals surface area (Å²) in [5.74, 6) is -0.374. The summed E-state index contributed by atoms with van der Waals surface area (Å²) in [7, 11) is 2.99. The fourth-order valence-corrected chi connectivity index (χ4v) is 4.42. The van der Waals surface area contributed by atoms with Crippen molar-refractivity contribution >= 4 is 23.4 Å². The van der Waals surface area contributed by atoms with E-state index >= 15 is 0 Å². The van der Waals surface area contributed by atoms with Crippen LogP contribution in [0.3, 0.4) is 0 Å². The van der Waals surface area contributed by atoms with E-state index in [1.807, 2.05) is 6.07 Å². The Morgan fingerprint density at radius 3 is 2.42 bits per heavy atom. The molecule has 0 spiro atoms. The van der Waals surface area contributed by atoms with Crippen LogP contribution in [0.2, 0.25) is 0 Å². The maximum Gasteiger partial charge on any atom is 0.257 e. The second-order valence-corrected chi connectivity index (χ2v) is 8.47. The van der Waals surface area contributed by atoms with Gasteiger partial charge < -0.3 is 19.1 Å². The molecule has 2 aliphatic rings. The number of nitriles is 1. The smallest absolute Gasteiger partial charge is 0.257 e. The van der Waals surface area contributed by atoms with E-state index in [2.05, 4.69) is 4.90 Å². The summed E-state index contributed by atoms with van der Waals surface area (Å²) in [4.78, 5) is 44.9. The lowest BCUT2D eigenvalue weighted by Gasteiger charge is -2.32. The van der Waals surface area contributed by atoms with Gasteiger partial charge in [-0.15, -0.1) is 0 Å². The number of anilines is 1. The number of amides is 3. The van der Waals surface area contributed by atoms with Crippen molar-refractivity contribution in [1.29, 1.82) is 5.26 Å². The molecule has 2 fully saturated rings. The third-order valence-electron chi connectivity index (χ3n) is 6.41. The van der Waals surface area contributed by atoms with Crippen LogP contribution in [0.25, 0.3) is 0 Å². The number of morpholine rings is 1. The predicted octanol–water partition coefficient (Wildman–Crippen LogP) is 1.68. The highest BCUT2D eigenvalue weighted by Crippen LogP contribution is 2.30. The Labute approximate surface area is 209 Å². The van der Waals surface area contributed by atoms with Crippen LogP contribution in [-0.4, -0.2) is 87.2 Å². The molecule has 10 nitrogen and oxygen atoms in total. The third kappa shape index (κ3) is 5.17. The van der Waals surface area contributed by atoms with Crippen LogP contribution in [0.4, 0.5) is 5.69 Å². The second-order valence-electron chi connectivity index (χ2n) is 8.47. The van der Waals surface area contributed by atoms with E-state index in [1.54, 1.807) is 42.5 Å². The number of ether oxygens (including phenoxy) is 3. The molecule has 2 aliphatic heterocycles. The van der Waals surface area contributed by atoms with E-state index in [0.29, 0.717) is 48.1 Å². The maximum atomic E-state index is 13.7. The SMILES string of the molecule is COc1ccc(C(=O)N(CCN2CCOCC2)C2CC(=O)N(c3ccc(C#N)cc3)C2=O)cc1OC. The largest absolute Gasteiger partial charge is 0.493 e. The van der Waals surface area contributed by atoms with Crippen LogP contribution in [0.1, 0.15) is 22.3 Å². The Balaban J connectivity index is 1.62. The summed E-state index contributed by atoms with van der Waals surface area (Å²) in [5, 5.41) is 9.05. The number of rotatable bonds is 8. The first-order valence-electron chi connectivity index (χ1n) is 11.7. The van der Waals surface area contributed by atoms with Gasteiger partial charge in [0.2, 0.25) is 5.91 Å². The lowest BCUT2D eigenvalue weighted by molar-refractivity contribution is -0.122. The second kappa shape index (κ2) is 11.2. The molecule has 10 heteroatoms. The van der Waals surface area contributed by atoms with Crippen molar-refractivity contribution in [1.82, 2.24) is 9.80 Å². The Bertz CT molecular complexity index is 1170. The number of hydrogen-bond donors (Lipinski definition) is 0. The summed E-state index contributed by atoms with van der Waals surface area (Å²) in [6.07, 6.45) is -0.124. The van der Waals surface area contributed by atoms with E-state index in [1.165, 1.54) is 19.1 Å². The minimum atomic E-state index is -0.949. The molecular formula is C26H28N4O6. The van der Waals surface area contributed by atoms with Gasteiger partial charge in [0.1, 0.15) is 6.04 Å². The van der Waals surface area contributed by atoms with E-state index in [0.717, 1.165) is 18.0 Å². The highest BCUT2D eigenvalue weighted by Gasteiger charge is 2.44. The number of benzene rings is 2. The van der Waals surface area contributed by atoms with Crippen molar-refractivity contribution in [2.75, 3.05) is 58.5 Å². The first kappa shape index (κ1) is 25.2. The number of hydrogen-bond acceptors (Lipinski definition) is 8. The van der Waals surface area contributed by atoms with Crippen molar-refractivity contribution in [2.45, 2.75) is 12.5 Å². The van der Waals surface area contributed by atoms with Gasteiger partial charge in [-0.1, -0.05) is 0 Å². The van der Waals surface area contributed by atoms with Crippen molar-refractivity contribution < 1.29 is 28.6 Å². The summed E-state index contributed by atoms with van der Waals surface area (Å²) >= 11 is 0. The van der Waals surface area contributed by atoms with E-state index < -0.39 is 17.9 Å². The van der Waals surface area contributed by atoms with E-state index in [-0.39, 0.29) is 18.9 Å². The standard InChI is InChI=1S/C26H28N4O6/c1-34-22-8-5-19(15-23(22)35-2)25(32)29(10-9-28-11-13-36-14-12-28)21-16-24(31)30(26(21)33)20-6-3-18(17-27)4-7-20/h3-8,15,21H,9-14,16H2,1-2H3. The fraction of sp³-hybridized carbons (Fsp3) is 0.385. The van der Waals surface area contributed by atoms with Gasteiger partial charge in [-0.3, -0.25) is 19.3 Å². The Hall–Kier alpha value is -3.94. The zero-order valence-corrected chi connectivity index (χ0v) is 20.3. The molecule has 36 heavy (non-hydrogen) atoms. The molecule has 0 aliphatic carbocycles. The highest BCUT2D eigenvalue weighted by atomic mass is 16.5. The highest BCUT2D eigenvalue weighted by molar-refractivity contribution is 6.23. The molecule has 3 amide bonds. The first-order valence-corrected chi connectivity index (χ1v) is 11.7. The lowest BCUT2D eigenvalue weighted by Crippen LogP contribution is -2.49. The molecular weight excluding hydrogens is 464 g/mol. The minimum absolute atomic E-state index is 0.124. The molecule has 1 atom stereocenters. The van der Waals surface area contributed by atoms with Gasteiger partial charge >= 0.3 is 0 Å². The number of carbonyl (C=O) groups excluding carboxylic acids is 3. The maximum absolute atomic E-state index is 13.7. The van der Waals surface area contributed by atoms with Gasteiger partial charge in [-0.2, -0.15) is 5.26 Å². The molecule has 4 rings (SSSR count). The molecule has 0 aromatic heterocycles. The average Bonchev–Trinajstić information content (AvgIpc) is 3.22. The van der Waals surface area contributed by atoms with Crippen LogP contribution in [-0.2, 0) is 14.3 Å². The van der Waals surface area contributed by atoms with Crippen LogP contribution < -0.4 is 14.4 Å². The molecule has 2 saturated heterocycles. The number of methoxy groups -OCH3 is 2. The lowest BCUT2D eigenvalue weighted by atomic mass is 10.1. The van der Waals surface area contributed by atoms with Crippen molar-refractivity contribution in [3.63, 3.8) is 0 Å². The molecule has 0 radical (unpaired) electrons. The summed E-state index contributed by atoms with van der Waals surface area (Å²) < 4.78 is 16.0. The summed E-state index contributed by atoms with van der Waals surface area (Å²) in [6.45, 7) is 3.48. The monoisotopic (exact) mass is 492 g/mol. The number of carbonyl (C=O) groups is 3. The van der Waals surface area contributed by atoms with Gasteiger partial charge in [0, 0.05) is 31.7 Å². The van der Waals surface area contributed by atoms with Crippen LogP contribution in [0.5, 0.6) is 11.5 Å². The Morgan fingerprint density at radius 1 is 1.08 bits per heavy atom. The molecule has 0 bridgehead atoms. The predicted molar refractivity (Wildman–Crippen MR) is 130 cm³/mol. The topological polar surface area (TPSA) is 112 Å². The number of imide groups is 1. The zero-order chi connectivity index (χ0) is 25.7. The Kier molecular flexibility index (Phi) is 7.83. The molecule has 0 saturated carbocycles. The normalized spacial score (nSPS) is 18.1. The quantitative estimate of drug-likeness (QED) is 0.512. The van der Waals surface area contributed by atoms with Crippen LogP contribution in [0, 0.1) is 11.3 Å². The molecule has 2 aromatic rings. The van der Waals surface area contributed by atoms with Crippen LogP contribution in [0.15, 0.2) is 42.5 Å². The summed E-state index contributed by atoms with van der Waals surface area (Å²) in [6, 6.07) is 12.1. The third-order valence-corrected chi connectivity index (χ3v) is 6.41. The van der Waals surface area contributed by atoms with E-state index in [9.17, 15) is 14.4 Å². The first-order chi connectivity index (χ1) is 17.5. The van der Waals surface area contributed by atoms with Crippen molar-refractivity contribution in [3.05, 3.63) is 53.6 Å². The van der Waals surface area contributed by atoms with E-state index in [4.69, 9.17) is 19.5 Å². The van der Waals surface area contributed by atoms with Gasteiger partial charge in [-0.05, 0) is 42.5 Å². The molecule has 0 N–H and O–H groups in total. The van der Waals surface area contributed by atoms with Gasteiger partial charge in [0.05, 0.1) is 51.2 Å². The molecule has 1 unspecified atom stereocenters. The minimum Gasteiger partial charge on any atom is -0.493 e. The Morgan fingerprint density at radius 2 is 1.78 bits per heavy atom. The fourth-order valence-electron chi connectivity index (χ4n) is 4.42.